The van der Waals surface area contributed by atoms with Gasteiger partial charge < -0.3 is 9.84 Å². The second-order valence-electron chi connectivity index (χ2n) is 5.03. The summed E-state index contributed by atoms with van der Waals surface area (Å²) in [6.45, 7) is 3.20. The van der Waals surface area contributed by atoms with E-state index in [0.717, 1.165) is 37.0 Å². The quantitative estimate of drug-likeness (QED) is 0.818. The average Bonchev–Trinajstić information content (AvgIpc) is 2.73. The summed E-state index contributed by atoms with van der Waals surface area (Å²) >= 11 is 0. The van der Waals surface area contributed by atoms with Crippen LogP contribution in [0.3, 0.4) is 0 Å². The molecule has 0 aromatic carbocycles. The predicted octanol–water partition coefficient (Wildman–Crippen LogP) is 1.62. The molecule has 3 rings (SSSR count). The zero-order valence-electron chi connectivity index (χ0n) is 9.12. The van der Waals surface area contributed by atoms with E-state index in [1.807, 2.05) is 0 Å². The number of hydrogen-bond donors (Lipinski definition) is 1. The molecule has 0 spiro atoms. The van der Waals surface area contributed by atoms with Crippen LogP contribution < -0.4 is 5.32 Å². The fourth-order valence-electron chi connectivity index (χ4n) is 2.22. The van der Waals surface area contributed by atoms with Crippen molar-refractivity contribution in [1.82, 2.24) is 15.5 Å². The molecule has 1 atom stereocenters. The average molecular weight is 207 g/mol. The molecule has 4 nitrogen and oxygen atoms in total. The highest BCUT2D eigenvalue weighted by atomic mass is 16.5. The van der Waals surface area contributed by atoms with Gasteiger partial charge in [0.2, 0.25) is 5.89 Å². The van der Waals surface area contributed by atoms with Gasteiger partial charge in [0.1, 0.15) is 0 Å². The van der Waals surface area contributed by atoms with E-state index in [9.17, 15) is 0 Å². The highest BCUT2D eigenvalue weighted by molar-refractivity contribution is 5.05. The molecule has 82 valence electrons. The first-order valence-electron chi connectivity index (χ1n) is 5.84. The third-order valence-corrected chi connectivity index (χ3v) is 3.48. The molecule has 2 heterocycles. The SMILES string of the molecule is CC1(c2nc(CC3CC3)no2)CCCN1. The van der Waals surface area contributed by atoms with Crippen LogP contribution in [-0.2, 0) is 12.0 Å². The molecule has 1 N–H and O–H groups in total. The van der Waals surface area contributed by atoms with E-state index in [-0.39, 0.29) is 5.54 Å². The van der Waals surface area contributed by atoms with Gasteiger partial charge in [-0.05, 0) is 45.1 Å². The van der Waals surface area contributed by atoms with E-state index in [0.29, 0.717) is 0 Å². The molecule has 15 heavy (non-hydrogen) atoms. The molecular weight excluding hydrogens is 190 g/mol. The highest BCUT2D eigenvalue weighted by Gasteiger charge is 2.36. The lowest BCUT2D eigenvalue weighted by molar-refractivity contribution is 0.274. The predicted molar refractivity (Wildman–Crippen MR) is 55.3 cm³/mol. The van der Waals surface area contributed by atoms with Crippen LogP contribution in [0.15, 0.2) is 4.52 Å². The Hall–Kier alpha value is -0.900. The number of nitrogens with one attached hydrogen (secondary N) is 1. The minimum Gasteiger partial charge on any atom is -0.337 e. The first kappa shape index (κ1) is 9.33. The van der Waals surface area contributed by atoms with E-state index in [2.05, 4.69) is 22.4 Å². The summed E-state index contributed by atoms with van der Waals surface area (Å²) in [5.41, 5.74) is -0.0746. The second kappa shape index (κ2) is 3.30. The Bertz CT molecular complexity index is 350. The van der Waals surface area contributed by atoms with Crippen LogP contribution in [0.1, 0.15) is 44.3 Å². The Labute approximate surface area is 89.4 Å². The Morgan fingerprint density at radius 2 is 2.40 bits per heavy atom. The van der Waals surface area contributed by atoms with Crippen LogP contribution >= 0.6 is 0 Å². The van der Waals surface area contributed by atoms with Crippen LogP contribution in [0.25, 0.3) is 0 Å². The Balaban J connectivity index is 1.76. The highest BCUT2D eigenvalue weighted by Crippen LogP contribution is 2.33. The minimum atomic E-state index is -0.0746. The summed E-state index contributed by atoms with van der Waals surface area (Å²) in [5, 5.41) is 7.50. The lowest BCUT2D eigenvalue weighted by Crippen LogP contribution is -2.33. The van der Waals surface area contributed by atoms with Crippen molar-refractivity contribution in [3.05, 3.63) is 11.7 Å². The Kier molecular flexibility index (Phi) is 2.06. The summed E-state index contributed by atoms with van der Waals surface area (Å²) in [5.74, 6) is 2.48. The molecule has 2 fully saturated rings. The van der Waals surface area contributed by atoms with E-state index in [1.54, 1.807) is 0 Å². The smallest absolute Gasteiger partial charge is 0.246 e. The number of hydrogen-bond acceptors (Lipinski definition) is 4. The van der Waals surface area contributed by atoms with Crippen LogP contribution in [0, 0.1) is 5.92 Å². The van der Waals surface area contributed by atoms with Gasteiger partial charge in [-0.3, -0.25) is 0 Å². The van der Waals surface area contributed by atoms with Crippen molar-refractivity contribution in [1.29, 1.82) is 0 Å². The standard InChI is InChI=1S/C11H17N3O/c1-11(5-2-6-12-11)10-13-9(14-15-10)7-8-3-4-8/h8,12H,2-7H2,1H3. The summed E-state index contributed by atoms with van der Waals surface area (Å²) in [6, 6.07) is 0. The van der Waals surface area contributed by atoms with Crippen molar-refractivity contribution in [2.45, 2.75) is 44.6 Å². The first-order chi connectivity index (χ1) is 7.26. The lowest BCUT2D eigenvalue weighted by Gasteiger charge is -2.18. The van der Waals surface area contributed by atoms with Crippen LogP contribution in [0.2, 0.25) is 0 Å². The van der Waals surface area contributed by atoms with Gasteiger partial charge in [0, 0.05) is 6.42 Å². The second-order valence-corrected chi connectivity index (χ2v) is 5.03. The van der Waals surface area contributed by atoms with Crippen LogP contribution in [0.4, 0.5) is 0 Å². The maximum absolute atomic E-state index is 5.36. The molecule has 0 amide bonds. The summed E-state index contributed by atoms with van der Waals surface area (Å²) < 4.78 is 5.36. The maximum atomic E-state index is 5.36. The molecule has 1 aliphatic heterocycles. The van der Waals surface area contributed by atoms with E-state index in [4.69, 9.17) is 4.52 Å². The molecule has 1 saturated carbocycles. The molecule has 4 heteroatoms. The first-order valence-corrected chi connectivity index (χ1v) is 5.84. The summed E-state index contributed by atoms with van der Waals surface area (Å²) in [4.78, 5) is 4.50. The van der Waals surface area contributed by atoms with Gasteiger partial charge in [-0.1, -0.05) is 5.16 Å². The lowest BCUT2D eigenvalue weighted by atomic mass is 10.0. The Morgan fingerprint density at radius 3 is 3.07 bits per heavy atom. The molecule has 0 radical (unpaired) electrons. The van der Waals surface area contributed by atoms with Gasteiger partial charge in [0.15, 0.2) is 5.82 Å². The van der Waals surface area contributed by atoms with Gasteiger partial charge in [0.05, 0.1) is 5.54 Å². The van der Waals surface area contributed by atoms with Crippen molar-refractivity contribution in [3.8, 4) is 0 Å². The normalized spacial score (nSPS) is 31.0. The van der Waals surface area contributed by atoms with Gasteiger partial charge in [0.25, 0.3) is 0 Å². The zero-order valence-corrected chi connectivity index (χ0v) is 9.12. The molecule has 1 aromatic rings. The van der Waals surface area contributed by atoms with Crippen molar-refractivity contribution < 1.29 is 4.52 Å². The van der Waals surface area contributed by atoms with E-state index >= 15 is 0 Å². The van der Waals surface area contributed by atoms with Gasteiger partial charge >= 0.3 is 0 Å². The maximum Gasteiger partial charge on any atom is 0.246 e. The minimum absolute atomic E-state index is 0.0746. The fraction of sp³-hybridized carbons (Fsp3) is 0.818. The number of aromatic nitrogens is 2. The molecular formula is C11H17N3O. The molecule has 1 saturated heterocycles. The third kappa shape index (κ3) is 1.78. The summed E-state index contributed by atoms with van der Waals surface area (Å²) in [6.07, 6.45) is 5.95. The van der Waals surface area contributed by atoms with Crippen LogP contribution in [-0.4, -0.2) is 16.7 Å². The third-order valence-electron chi connectivity index (χ3n) is 3.48. The molecule has 1 aliphatic carbocycles. The van der Waals surface area contributed by atoms with Gasteiger partial charge in [-0.15, -0.1) is 0 Å². The van der Waals surface area contributed by atoms with Crippen molar-refractivity contribution >= 4 is 0 Å². The van der Waals surface area contributed by atoms with Gasteiger partial charge in [-0.2, -0.15) is 4.98 Å². The van der Waals surface area contributed by atoms with Crippen LogP contribution in [0.5, 0.6) is 0 Å². The fourth-order valence-corrected chi connectivity index (χ4v) is 2.22. The molecule has 0 bridgehead atoms. The molecule has 1 unspecified atom stereocenters. The van der Waals surface area contributed by atoms with Gasteiger partial charge in [-0.25, -0.2) is 0 Å². The Morgan fingerprint density at radius 1 is 1.53 bits per heavy atom. The zero-order chi connectivity index (χ0) is 10.3. The van der Waals surface area contributed by atoms with Crippen molar-refractivity contribution in [2.75, 3.05) is 6.54 Å². The molecule has 2 aliphatic rings. The molecule has 1 aromatic heterocycles. The van der Waals surface area contributed by atoms with Crippen molar-refractivity contribution in [3.63, 3.8) is 0 Å². The van der Waals surface area contributed by atoms with E-state index in [1.165, 1.54) is 19.3 Å². The van der Waals surface area contributed by atoms with Crippen molar-refractivity contribution in [2.24, 2.45) is 5.92 Å². The number of rotatable bonds is 3. The number of nitrogens with zero attached hydrogens (tertiary/aromatic N) is 2. The topological polar surface area (TPSA) is 51.0 Å². The summed E-state index contributed by atoms with van der Waals surface area (Å²) in [7, 11) is 0. The van der Waals surface area contributed by atoms with E-state index < -0.39 is 0 Å². The monoisotopic (exact) mass is 207 g/mol. The largest absolute Gasteiger partial charge is 0.337 e.